The zero-order chi connectivity index (χ0) is 19.7. The number of amides is 2. The van der Waals surface area contributed by atoms with Gasteiger partial charge in [-0.2, -0.15) is 0 Å². The molecule has 8 heteroatoms. The van der Waals surface area contributed by atoms with Gasteiger partial charge in [0.05, 0.1) is 23.7 Å². The van der Waals surface area contributed by atoms with Gasteiger partial charge in [0.15, 0.2) is 0 Å². The summed E-state index contributed by atoms with van der Waals surface area (Å²) in [6.45, 7) is 0.493. The fraction of sp³-hybridized carbons (Fsp3) is 0.250. The van der Waals surface area contributed by atoms with E-state index in [1.807, 2.05) is 24.3 Å². The number of methoxy groups -OCH3 is 1. The summed E-state index contributed by atoms with van der Waals surface area (Å²) in [5, 5.41) is 3.23. The van der Waals surface area contributed by atoms with Crippen LogP contribution in [0.2, 0.25) is 5.02 Å². The number of rotatable bonds is 4. The quantitative estimate of drug-likeness (QED) is 0.704. The smallest absolute Gasteiger partial charge is 0.258 e. The lowest BCUT2D eigenvalue weighted by Gasteiger charge is -2.24. The van der Waals surface area contributed by atoms with Crippen molar-refractivity contribution in [1.82, 2.24) is 14.9 Å². The molecule has 144 valence electrons. The summed E-state index contributed by atoms with van der Waals surface area (Å²) in [6.07, 6.45) is 1.33. The number of likely N-dealkylation sites (tertiary alicyclic amines) is 1. The van der Waals surface area contributed by atoms with Crippen LogP contribution in [0.3, 0.4) is 0 Å². The van der Waals surface area contributed by atoms with Crippen molar-refractivity contribution < 1.29 is 14.3 Å². The highest BCUT2D eigenvalue weighted by atomic mass is 35.5. The number of halogens is 1. The van der Waals surface area contributed by atoms with Gasteiger partial charge >= 0.3 is 0 Å². The van der Waals surface area contributed by atoms with Crippen molar-refractivity contribution in [3.05, 3.63) is 53.1 Å². The maximum Gasteiger partial charge on any atom is 0.258 e. The molecule has 0 unspecified atom stereocenters. The number of ether oxygens (including phenoxy) is 1. The van der Waals surface area contributed by atoms with Crippen LogP contribution in [-0.4, -0.2) is 46.4 Å². The van der Waals surface area contributed by atoms with Crippen molar-refractivity contribution >= 4 is 40.4 Å². The number of anilines is 1. The third kappa shape index (κ3) is 3.41. The summed E-state index contributed by atoms with van der Waals surface area (Å²) >= 11 is 6.05. The van der Waals surface area contributed by atoms with Gasteiger partial charge in [-0.05, 0) is 43.2 Å². The molecule has 3 aromatic rings. The van der Waals surface area contributed by atoms with E-state index in [0.29, 0.717) is 35.2 Å². The van der Waals surface area contributed by atoms with E-state index < -0.39 is 6.04 Å². The second kappa shape index (κ2) is 7.52. The number of hydrogen-bond donors (Lipinski definition) is 2. The van der Waals surface area contributed by atoms with Crippen molar-refractivity contribution in [3.8, 4) is 5.75 Å². The Kier molecular flexibility index (Phi) is 4.92. The first-order valence-electron chi connectivity index (χ1n) is 8.97. The molecule has 28 heavy (non-hydrogen) atoms. The number of carbonyl (C=O) groups excluding carboxylic acids is 2. The largest absolute Gasteiger partial charge is 0.496 e. The molecule has 1 aliphatic rings. The van der Waals surface area contributed by atoms with Crippen molar-refractivity contribution in [2.24, 2.45) is 0 Å². The second-order valence-electron chi connectivity index (χ2n) is 6.59. The molecule has 0 saturated carbocycles. The van der Waals surface area contributed by atoms with Crippen LogP contribution < -0.4 is 10.1 Å². The SMILES string of the molecule is COc1ccc(Cl)cc1C(=O)N1CCC[C@H]1C(=O)Nc1nc2ccccc2[nH]1. The lowest BCUT2D eigenvalue weighted by molar-refractivity contribution is -0.119. The third-order valence-corrected chi connectivity index (χ3v) is 5.07. The number of H-pyrrole nitrogens is 1. The summed E-state index contributed by atoms with van der Waals surface area (Å²) in [5.41, 5.74) is 1.94. The fourth-order valence-corrected chi connectivity index (χ4v) is 3.67. The average Bonchev–Trinajstić information content (AvgIpc) is 3.33. The lowest BCUT2D eigenvalue weighted by Crippen LogP contribution is -2.43. The molecule has 1 saturated heterocycles. The first-order valence-corrected chi connectivity index (χ1v) is 9.35. The number of carbonyl (C=O) groups is 2. The van der Waals surface area contributed by atoms with Gasteiger partial charge in [-0.25, -0.2) is 4.98 Å². The van der Waals surface area contributed by atoms with Crippen LogP contribution in [0.25, 0.3) is 11.0 Å². The molecule has 1 atom stereocenters. The minimum absolute atomic E-state index is 0.272. The van der Waals surface area contributed by atoms with Crippen molar-refractivity contribution in [2.45, 2.75) is 18.9 Å². The van der Waals surface area contributed by atoms with Gasteiger partial charge in [0, 0.05) is 11.6 Å². The maximum atomic E-state index is 13.1. The molecular formula is C20H19ClN4O3. The van der Waals surface area contributed by atoms with Gasteiger partial charge in [-0.1, -0.05) is 23.7 Å². The minimum atomic E-state index is -0.579. The van der Waals surface area contributed by atoms with E-state index in [4.69, 9.17) is 16.3 Å². The average molecular weight is 399 g/mol. The Hall–Kier alpha value is -3.06. The van der Waals surface area contributed by atoms with Crippen LogP contribution in [-0.2, 0) is 4.79 Å². The highest BCUT2D eigenvalue weighted by molar-refractivity contribution is 6.31. The van der Waals surface area contributed by atoms with E-state index >= 15 is 0 Å². The van der Waals surface area contributed by atoms with Crippen LogP contribution in [0.1, 0.15) is 23.2 Å². The second-order valence-corrected chi connectivity index (χ2v) is 7.03. The van der Waals surface area contributed by atoms with E-state index in [0.717, 1.165) is 17.5 Å². The number of aromatic nitrogens is 2. The Morgan fingerprint density at radius 3 is 2.89 bits per heavy atom. The van der Waals surface area contributed by atoms with Gasteiger partial charge < -0.3 is 14.6 Å². The zero-order valence-electron chi connectivity index (χ0n) is 15.2. The van der Waals surface area contributed by atoms with Gasteiger partial charge in [-0.15, -0.1) is 0 Å². The summed E-state index contributed by atoms with van der Waals surface area (Å²) in [6, 6.07) is 11.8. The first-order chi connectivity index (χ1) is 13.6. The predicted octanol–water partition coefficient (Wildman–Crippen LogP) is 3.47. The molecule has 1 fully saturated rings. The lowest BCUT2D eigenvalue weighted by atomic mass is 10.1. The summed E-state index contributed by atoms with van der Waals surface area (Å²) in [7, 11) is 1.50. The molecule has 2 N–H and O–H groups in total. The summed E-state index contributed by atoms with van der Waals surface area (Å²) < 4.78 is 5.28. The van der Waals surface area contributed by atoms with Crippen LogP contribution in [0.4, 0.5) is 5.95 Å². The third-order valence-electron chi connectivity index (χ3n) is 4.84. The van der Waals surface area contributed by atoms with E-state index in [1.54, 1.807) is 23.1 Å². The number of para-hydroxylation sites is 2. The molecule has 4 rings (SSSR count). The maximum absolute atomic E-state index is 13.1. The van der Waals surface area contributed by atoms with E-state index in [-0.39, 0.29) is 11.8 Å². The first kappa shape index (κ1) is 18.3. The van der Waals surface area contributed by atoms with Gasteiger partial charge in [-0.3, -0.25) is 14.9 Å². The zero-order valence-corrected chi connectivity index (χ0v) is 16.0. The highest BCUT2D eigenvalue weighted by Crippen LogP contribution is 2.28. The van der Waals surface area contributed by atoms with Gasteiger partial charge in [0.1, 0.15) is 11.8 Å². The monoisotopic (exact) mass is 398 g/mol. The van der Waals surface area contributed by atoms with Gasteiger partial charge in [0.2, 0.25) is 11.9 Å². The van der Waals surface area contributed by atoms with Crippen LogP contribution >= 0.6 is 11.6 Å². The van der Waals surface area contributed by atoms with Crippen LogP contribution in [0.5, 0.6) is 5.75 Å². The minimum Gasteiger partial charge on any atom is -0.496 e. The van der Waals surface area contributed by atoms with Crippen molar-refractivity contribution in [3.63, 3.8) is 0 Å². The van der Waals surface area contributed by atoms with Crippen LogP contribution in [0, 0.1) is 0 Å². The molecule has 2 heterocycles. The molecule has 1 aromatic heterocycles. The number of aromatic amines is 1. The molecule has 2 aromatic carbocycles. The Balaban J connectivity index is 1.55. The van der Waals surface area contributed by atoms with Crippen molar-refractivity contribution in [2.75, 3.05) is 19.0 Å². The molecule has 1 aliphatic heterocycles. The number of fused-ring (bicyclic) bond motifs is 1. The van der Waals surface area contributed by atoms with Crippen LogP contribution in [0.15, 0.2) is 42.5 Å². The molecule has 0 bridgehead atoms. The standard InChI is InChI=1S/C20H19ClN4O3/c1-28-17-9-8-12(21)11-13(17)19(27)25-10-4-7-16(25)18(26)24-20-22-14-5-2-3-6-15(14)23-20/h2-3,5-6,8-9,11,16H,4,7,10H2,1H3,(H2,22,23,24,26)/t16-/m0/s1. The Morgan fingerprint density at radius 2 is 2.11 bits per heavy atom. The highest BCUT2D eigenvalue weighted by Gasteiger charge is 2.36. The molecule has 0 radical (unpaired) electrons. The number of hydrogen-bond acceptors (Lipinski definition) is 4. The topological polar surface area (TPSA) is 87.3 Å². The predicted molar refractivity (Wildman–Crippen MR) is 107 cm³/mol. The Labute approximate surface area is 166 Å². The Bertz CT molecular complexity index is 1020. The number of nitrogens with one attached hydrogen (secondary N) is 2. The normalized spacial score (nSPS) is 16.4. The molecule has 0 aliphatic carbocycles. The van der Waals surface area contributed by atoms with E-state index in [1.165, 1.54) is 7.11 Å². The van der Waals surface area contributed by atoms with E-state index in [2.05, 4.69) is 15.3 Å². The number of benzene rings is 2. The molecular weight excluding hydrogens is 380 g/mol. The molecule has 0 spiro atoms. The molecule has 7 nitrogen and oxygen atoms in total. The molecule has 2 amide bonds. The summed E-state index contributed by atoms with van der Waals surface area (Å²) in [4.78, 5) is 34.9. The summed E-state index contributed by atoms with van der Waals surface area (Å²) in [5.74, 6) is 0.246. The number of imidazole rings is 1. The number of nitrogens with zero attached hydrogens (tertiary/aromatic N) is 2. The van der Waals surface area contributed by atoms with E-state index in [9.17, 15) is 9.59 Å². The Morgan fingerprint density at radius 1 is 1.29 bits per heavy atom. The van der Waals surface area contributed by atoms with Crippen molar-refractivity contribution in [1.29, 1.82) is 0 Å². The van der Waals surface area contributed by atoms with Gasteiger partial charge in [0.25, 0.3) is 5.91 Å². The fourth-order valence-electron chi connectivity index (χ4n) is 3.50.